The lowest BCUT2D eigenvalue weighted by Gasteiger charge is -2.33. The maximum Gasteiger partial charge on any atom is 0.355 e. The largest absolute Gasteiger partial charge is 0.476 e. The Hall–Kier alpha value is -2.20. The van der Waals surface area contributed by atoms with Gasteiger partial charge in [0, 0.05) is 39.0 Å². The second kappa shape index (κ2) is 8.06. The predicted octanol–water partition coefficient (Wildman–Crippen LogP) is -0.118. The molecule has 1 fully saturated rings. The van der Waals surface area contributed by atoms with Gasteiger partial charge in [-0.3, -0.25) is 4.79 Å². The summed E-state index contributed by atoms with van der Waals surface area (Å²) in [6.45, 7) is 1.29. The Kier molecular flexibility index (Phi) is 6.10. The maximum atomic E-state index is 12.2. The zero-order valence-corrected chi connectivity index (χ0v) is 14.3. The minimum absolute atomic E-state index is 0.0135. The van der Waals surface area contributed by atoms with E-state index in [1.165, 1.54) is 21.6 Å². The Morgan fingerprint density at radius 2 is 2.25 bits per heavy atom. The molecule has 0 aliphatic carbocycles. The lowest BCUT2D eigenvalue weighted by Crippen LogP contribution is -2.53. The molecule has 1 aliphatic rings. The molecule has 3 amide bonds. The normalized spacial score (nSPS) is 17.4. The number of carbonyl (C=O) groups is 3. The summed E-state index contributed by atoms with van der Waals surface area (Å²) in [4.78, 5) is 41.8. The van der Waals surface area contributed by atoms with Crippen molar-refractivity contribution in [2.75, 3.05) is 40.3 Å². The number of morpholine rings is 1. The van der Waals surface area contributed by atoms with E-state index in [0.29, 0.717) is 31.1 Å². The molecule has 0 radical (unpaired) electrons. The summed E-state index contributed by atoms with van der Waals surface area (Å²) in [5, 5.41) is 13.7. The number of carbonyl (C=O) groups excluding carboxylic acids is 2. The lowest BCUT2D eigenvalue weighted by molar-refractivity contribution is -0.145. The van der Waals surface area contributed by atoms with Crippen LogP contribution in [0.3, 0.4) is 0 Å². The highest BCUT2D eigenvalue weighted by molar-refractivity contribution is 7.09. The highest BCUT2D eigenvalue weighted by Crippen LogP contribution is 2.10. The Labute approximate surface area is 143 Å². The van der Waals surface area contributed by atoms with Crippen LogP contribution in [0, 0.1) is 0 Å². The van der Waals surface area contributed by atoms with Gasteiger partial charge in [-0.15, -0.1) is 11.3 Å². The van der Waals surface area contributed by atoms with E-state index in [4.69, 9.17) is 9.84 Å². The number of amides is 3. The molecule has 2 heterocycles. The number of aromatic nitrogens is 1. The van der Waals surface area contributed by atoms with E-state index in [9.17, 15) is 14.4 Å². The number of nitrogens with zero attached hydrogens (tertiary/aromatic N) is 3. The molecule has 0 saturated carbocycles. The van der Waals surface area contributed by atoms with Crippen molar-refractivity contribution in [3.8, 4) is 0 Å². The minimum atomic E-state index is -1.06. The first kappa shape index (κ1) is 18.1. The standard InChI is InChI=1S/C14H20N4O5S/c1-17(2)12(19)10-7-18(5-6-23-10)14(22)15-4-3-11-16-9(8-24-11)13(20)21/h8,10H,3-7H2,1-2H3,(H,15,22)(H,20,21)/t10-/m0/s1. The average Bonchev–Trinajstić information content (AvgIpc) is 3.03. The van der Waals surface area contributed by atoms with Crippen LogP contribution in [-0.2, 0) is 16.0 Å². The van der Waals surface area contributed by atoms with Crippen LogP contribution in [-0.4, -0.2) is 84.2 Å². The van der Waals surface area contributed by atoms with Crippen LogP contribution in [0.4, 0.5) is 4.79 Å². The van der Waals surface area contributed by atoms with Gasteiger partial charge in [0.1, 0.15) is 0 Å². The number of ether oxygens (including phenoxy) is 1. The molecule has 24 heavy (non-hydrogen) atoms. The Morgan fingerprint density at radius 3 is 2.88 bits per heavy atom. The number of carboxylic acids is 1. The van der Waals surface area contributed by atoms with E-state index in [1.54, 1.807) is 19.0 Å². The molecular weight excluding hydrogens is 336 g/mol. The lowest BCUT2D eigenvalue weighted by atomic mass is 10.2. The molecule has 10 heteroatoms. The fraction of sp³-hybridized carbons (Fsp3) is 0.571. The van der Waals surface area contributed by atoms with Crippen molar-refractivity contribution < 1.29 is 24.2 Å². The monoisotopic (exact) mass is 356 g/mol. The van der Waals surface area contributed by atoms with E-state index >= 15 is 0 Å². The van der Waals surface area contributed by atoms with Gasteiger partial charge in [0.15, 0.2) is 11.8 Å². The summed E-state index contributed by atoms with van der Waals surface area (Å²) in [6, 6.07) is -0.273. The third kappa shape index (κ3) is 4.65. The second-order valence-corrected chi connectivity index (χ2v) is 6.39. The van der Waals surface area contributed by atoms with Gasteiger partial charge in [0.2, 0.25) is 0 Å². The molecule has 1 saturated heterocycles. The first-order chi connectivity index (χ1) is 11.4. The number of likely N-dealkylation sites (N-methyl/N-ethyl adjacent to an activating group) is 1. The molecular formula is C14H20N4O5S. The first-order valence-corrected chi connectivity index (χ1v) is 8.29. The summed E-state index contributed by atoms with van der Waals surface area (Å²) < 4.78 is 5.40. The topological polar surface area (TPSA) is 112 Å². The summed E-state index contributed by atoms with van der Waals surface area (Å²) >= 11 is 1.25. The molecule has 1 atom stereocenters. The Bertz CT molecular complexity index is 618. The number of nitrogens with one attached hydrogen (secondary N) is 1. The second-order valence-electron chi connectivity index (χ2n) is 5.45. The highest BCUT2D eigenvalue weighted by atomic mass is 32.1. The first-order valence-electron chi connectivity index (χ1n) is 7.41. The Morgan fingerprint density at radius 1 is 1.50 bits per heavy atom. The van der Waals surface area contributed by atoms with Gasteiger partial charge in [-0.05, 0) is 0 Å². The quantitative estimate of drug-likeness (QED) is 0.761. The highest BCUT2D eigenvalue weighted by Gasteiger charge is 2.30. The van der Waals surface area contributed by atoms with Gasteiger partial charge in [0.25, 0.3) is 5.91 Å². The van der Waals surface area contributed by atoms with E-state index < -0.39 is 12.1 Å². The van der Waals surface area contributed by atoms with E-state index in [0.717, 1.165) is 0 Å². The number of thiazole rings is 1. The zero-order chi connectivity index (χ0) is 17.7. The fourth-order valence-electron chi connectivity index (χ4n) is 2.18. The molecule has 132 valence electrons. The number of rotatable bonds is 5. The van der Waals surface area contributed by atoms with Gasteiger partial charge < -0.3 is 25.0 Å². The summed E-state index contributed by atoms with van der Waals surface area (Å²) in [5.41, 5.74) is 0.0135. The SMILES string of the molecule is CN(C)C(=O)[C@@H]1CN(C(=O)NCCc2nc(C(=O)O)cs2)CCO1. The molecule has 2 N–H and O–H groups in total. The molecule has 1 aromatic rings. The van der Waals surface area contributed by atoms with Crippen LogP contribution in [0.1, 0.15) is 15.5 Å². The minimum Gasteiger partial charge on any atom is -0.476 e. The van der Waals surface area contributed by atoms with E-state index in [2.05, 4.69) is 10.3 Å². The van der Waals surface area contributed by atoms with Gasteiger partial charge in [-0.25, -0.2) is 14.6 Å². The van der Waals surface area contributed by atoms with Crippen molar-refractivity contribution in [1.82, 2.24) is 20.1 Å². The van der Waals surface area contributed by atoms with Crippen LogP contribution in [0.2, 0.25) is 0 Å². The molecule has 1 aromatic heterocycles. The third-order valence-electron chi connectivity index (χ3n) is 3.46. The van der Waals surface area contributed by atoms with Crippen LogP contribution in [0.15, 0.2) is 5.38 Å². The summed E-state index contributed by atoms with van der Waals surface area (Å²) in [7, 11) is 3.29. The number of aromatic carboxylic acids is 1. The van der Waals surface area contributed by atoms with Crippen molar-refractivity contribution in [3.63, 3.8) is 0 Å². The predicted molar refractivity (Wildman–Crippen MR) is 86.2 cm³/mol. The van der Waals surface area contributed by atoms with Crippen molar-refractivity contribution in [1.29, 1.82) is 0 Å². The van der Waals surface area contributed by atoms with Crippen LogP contribution < -0.4 is 5.32 Å². The van der Waals surface area contributed by atoms with Crippen molar-refractivity contribution in [2.45, 2.75) is 12.5 Å². The molecule has 1 aliphatic heterocycles. The Balaban J connectivity index is 1.79. The van der Waals surface area contributed by atoms with Crippen molar-refractivity contribution in [2.24, 2.45) is 0 Å². The summed E-state index contributed by atoms with van der Waals surface area (Å²) in [6.07, 6.45) is -0.190. The number of urea groups is 1. The van der Waals surface area contributed by atoms with Crippen LogP contribution >= 0.6 is 11.3 Å². The van der Waals surface area contributed by atoms with Crippen molar-refractivity contribution >= 4 is 29.2 Å². The van der Waals surface area contributed by atoms with E-state index in [1.807, 2.05) is 0 Å². The van der Waals surface area contributed by atoms with Gasteiger partial charge in [-0.2, -0.15) is 0 Å². The molecule has 2 rings (SSSR count). The maximum absolute atomic E-state index is 12.2. The van der Waals surface area contributed by atoms with Crippen molar-refractivity contribution in [3.05, 3.63) is 16.1 Å². The molecule has 0 unspecified atom stereocenters. The average molecular weight is 356 g/mol. The van der Waals surface area contributed by atoms with Gasteiger partial charge in [0.05, 0.1) is 18.2 Å². The molecule has 0 spiro atoms. The third-order valence-corrected chi connectivity index (χ3v) is 4.36. The summed E-state index contributed by atoms with van der Waals surface area (Å²) in [5.74, 6) is -1.23. The number of hydrogen-bond donors (Lipinski definition) is 2. The van der Waals surface area contributed by atoms with Gasteiger partial charge in [-0.1, -0.05) is 0 Å². The fourth-order valence-corrected chi connectivity index (χ4v) is 2.96. The van der Waals surface area contributed by atoms with Crippen LogP contribution in [0.5, 0.6) is 0 Å². The number of hydrogen-bond acceptors (Lipinski definition) is 6. The molecule has 0 bridgehead atoms. The number of carboxylic acid groups (broad SMARTS) is 1. The molecule has 9 nitrogen and oxygen atoms in total. The van der Waals surface area contributed by atoms with E-state index in [-0.39, 0.29) is 24.2 Å². The molecule has 0 aromatic carbocycles. The zero-order valence-electron chi connectivity index (χ0n) is 13.5. The van der Waals surface area contributed by atoms with Crippen LogP contribution in [0.25, 0.3) is 0 Å². The smallest absolute Gasteiger partial charge is 0.355 e. The van der Waals surface area contributed by atoms with Gasteiger partial charge >= 0.3 is 12.0 Å².